The first-order valence-electron chi connectivity index (χ1n) is 26.1. The highest BCUT2D eigenvalue weighted by molar-refractivity contribution is 5.93. The molecule has 1 saturated heterocycles. The van der Waals surface area contributed by atoms with Crippen LogP contribution in [0.5, 0.6) is 0 Å². The first kappa shape index (κ1) is 61.8. The first-order valence-corrected chi connectivity index (χ1v) is 26.1. The quantitative estimate of drug-likeness (QED) is 0.0704. The zero-order chi connectivity index (χ0) is 54.7. The number of benzene rings is 2. The van der Waals surface area contributed by atoms with Gasteiger partial charge in [-0.3, -0.25) is 29.3 Å². The van der Waals surface area contributed by atoms with E-state index in [1.54, 1.807) is 62.1 Å². The molecule has 0 saturated carbocycles. The van der Waals surface area contributed by atoms with Crippen molar-refractivity contribution in [1.82, 2.24) is 14.7 Å². The van der Waals surface area contributed by atoms with E-state index in [1.165, 1.54) is 25.1 Å². The SMILES string of the molecule is C=CCOC(=O)Nc1ccc(C(OC(=O)N(C)[C@H](C(=O)CC(C(=O)N(C)[C@@H]([C@@H](C)CC)[C@@H](CC(=O)N2CCC[C@H]2[C@H](OC)[C@@H](C)C(=O)C[C@H](C)[C@@H](O)c2ccccc2)OC)C(C)C)C(C)C)C(=O)CCC)cc1. The molecule has 2 N–H and O–H groups in total. The number of ether oxygens (including phenoxy) is 4. The molecule has 0 bridgehead atoms. The maximum atomic E-state index is 14.8. The minimum atomic E-state index is -1.29. The zero-order valence-corrected chi connectivity index (χ0v) is 45.8. The maximum absolute atomic E-state index is 14.8. The summed E-state index contributed by atoms with van der Waals surface area (Å²) in [4.78, 5) is 102. The topological polar surface area (TPSA) is 198 Å². The molecule has 16 nitrogen and oxygen atoms in total. The number of hydrogen-bond acceptors (Lipinski definition) is 12. The second-order valence-electron chi connectivity index (χ2n) is 20.5. The summed E-state index contributed by atoms with van der Waals surface area (Å²) in [5.41, 5.74) is 1.51. The Labute approximate surface area is 434 Å². The number of nitrogens with zero attached hydrogens (tertiary/aromatic N) is 3. The average molecular weight is 1020 g/mol. The molecule has 0 aliphatic carbocycles. The van der Waals surface area contributed by atoms with Crippen molar-refractivity contribution in [2.75, 3.05) is 46.8 Å². The Morgan fingerprint density at radius 3 is 1.99 bits per heavy atom. The number of nitrogens with one attached hydrogen (secondary N) is 1. The van der Waals surface area contributed by atoms with Crippen LogP contribution in [0.2, 0.25) is 0 Å². The third kappa shape index (κ3) is 17.0. The minimum absolute atomic E-state index is 0.0256. The van der Waals surface area contributed by atoms with Crippen LogP contribution in [0.25, 0.3) is 0 Å². The highest BCUT2D eigenvalue weighted by atomic mass is 16.6. The lowest BCUT2D eigenvalue weighted by Crippen LogP contribution is -2.54. The summed E-state index contributed by atoms with van der Waals surface area (Å²) < 4.78 is 23.0. The second-order valence-corrected chi connectivity index (χ2v) is 20.5. The predicted molar refractivity (Wildman–Crippen MR) is 281 cm³/mol. The third-order valence-electron chi connectivity index (χ3n) is 14.6. The van der Waals surface area contributed by atoms with E-state index >= 15 is 0 Å². The third-order valence-corrected chi connectivity index (χ3v) is 14.6. The Morgan fingerprint density at radius 2 is 1.44 bits per heavy atom. The number of methoxy groups -OCH3 is 2. The minimum Gasteiger partial charge on any atom is -0.445 e. The summed E-state index contributed by atoms with van der Waals surface area (Å²) in [7, 11) is 6.22. The molecule has 0 aromatic heterocycles. The normalized spacial score (nSPS) is 17.8. The van der Waals surface area contributed by atoms with Crippen LogP contribution in [0.3, 0.4) is 0 Å². The average Bonchev–Trinajstić information content (AvgIpc) is 3.86. The van der Waals surface area contributed by atoms with E-state index in [1.807, 2.05) is 78.8 Å². The molecule has 1 aliphatic rings. The molecular formula is C57H86N4O12. The summed E-state index contributed by atoms with van der Waals surface area (Å²) in [6, 6.07) is 13.6. The number of anilines is 1. The summed E-state index contributed by atoms with van der Waals surface area (Å²) >= 11 is 0. The van der Waals surface area contributed by atoms with Gasteiger partial charge in [0, 0.05) is 77.2 Å². The molecule has 16 heteroatoms. The van der Waals surface area contributed by atoms with Gasteiger partial charge in [0.2, 0.25) is 11.8 Å². The van der Waals surface area contributed by atoms with Crippen molar-refractivity contribution in [2.45, 2.75) is 156 Å². The number of aliphatic hydroxyl groups is 1. The van der Waals surface area contributed by atoms with Gasteiger partial charge in [-0.1, -0.05) is 124 Å². The smallest absolute Gasteiger partial charge is 0.411 e. The molecular weight excluding hydrogens is 933 g/mol. The number of likely N-dealkylation sites (tertiary alicyclic amines) is 1. The van der Waals surface area contributed by atoms with E-state index in [-0.39, 0.29) is 85.2 Å². The Bertz CT molecular complexity index is 2120. The van der Waals surface area contributed by atoms with Crippen LogP contribution in [0, 0.1) is 35.5 Å². The lowest BCUT2D eigenvalue weighted by Gasteiger charge is -2.41. The number of amides is 4. The number of aliphatic hydroxyl groups excluding tert-OH is 1. The van der Waals surface area contributed by atoms with Crippen molar-refractivity contribution in [2.24, 2.45) is 35.5 Å². The zero-order valence-electron chi connectivity index (χ0n) is 45.8. The first-order chi connectivity index (χ1) is 34.6. The van der Waals surface area contributed by atoms with Crippen LogP contribution in [0.4, 0.5) is 15.3 Å². The van der Waals surface area contributed by atoms with Gasteiger partial charge in [-0.25, -0.2) is 9.59 Å². The second kappa shape index (κ2) is 30.0. The molecule has 73 heavy (non-hydrogen) atoms. The highest BCUT2D eigenvalue weighted by Crippen LogP contribution is 2.33. The summed E-state index contributed by atoms with van der Waals surface area (Å²) in [5.74, 6) is -3.75. The molecule has 1 fully saturated rings. The predicted octanol–water partition coefficient (Wildman–Crippen LogP) is 9.41. The summed E-state index contributed by atoms with van der Waals surface area (Å²) in [6.45, 7) is 20.9. The molecule has 0 spiro atoms. The van der Waals surface area contributed by atoms with Gasteiger partial charge in [-0.2, -0.15) is 0 Å². The highest BCUT2D eigenvalue weighted by Gasteiger charge is 2.44. The number of hydrogen-bond donors (Lipinski definition) is 2. The fraction of sp³-hybridized carbons (Fsp3) is 0.632. The van der Waals surface area contributed by atoms with Gasteiger partial charge in [0.15, 0.2) is 17.7 Å². The van der Waals surface area contributed by atoms with Crippen LogP contribution >= 0.6 is 0 Å². The van der Waals surface area contributed by atoms with Gasteiger partial charge in [0.25, 0.3) is 0 Å². The van der Waals surface area contributed by atoms with Crippen molar-refractivity contribution in [1.29, 1.82) is 0 Å². The number of carbonyl (C=O) groups is 7. The van der Waals surface area contributed by atoms with Crippen molar-refractivity contribution in [3.05, 3.63) is 78.4 Å². The molecule has 2 unspecified atom stereocenters. The lowest BCUT2D eigenvalue weighted by molar-refractivity contribution is -0.149. The number of Topliss-reactive ketones (excluding diaryl/α,β-unsaturated/α-hetero) is 3. The van der Waals surface area contributed by atoms with Crippen LogP contribution in [0.1, 0.15) is 137 Å². The summed E-state index contributed by atoms with van der Waals surface area (Å²) in [5, 5.41) is 13.6. The molecule has 2 aromatic rings. The van der Waals surface area contributed by atoms with Gasteiger partial charge in [-0.05, 0) is 60.6 Å². The van der Waals surface area contributed by atoms with Gasteiger partial charge in [-0.15, -0.1) is 0 Å². The maximum Gasteiger partial charge on any atom is 0.411 e. The van der Waals surface area contributed by atoms with Crippen LogP contribution in [-0.2, 0) is 42.9 Å². The Kier molecular flexibility index (Phi) is 25.5. The molecule has 4 amide bonds. The number of rotatable bonds is 30. The monoisotopic (exact) mass is 1020 g/mol. The summed E-state index contributed by atoms with van der Waals surface area (Å²) in [6.07, 6.45) is -0.983. The van der Waals surface area contributed by atoms with Crippen molar-refractivity contribution in [3.8, 4) is 0 Å². The fourth-order valence-corrected chi connectivity index (χ4v) is 10.2. The number of likely N-dealkylation sites (N-methyl/N-ethyl adjacent to an activating group) is 2. The van der Waals surface area contributed by atoms with Gasteiger partial charge >= 0.3 is 12.2 Å². The van der Waals surface area contributed by atoms with Crippen molar-refractivity contribution >= 4 is 47.0 Å². The van der Waals surface area contributed by atoms with Crippen LogP contribution < -0.4 is 5.32 Å². The molecule has 2 aromatic carbocycles. The largest absolute Gasteiger partial charge is 0.445 e. The van der Waals surface area contributed by atoms with E-state index in [2.05, 4.69) is 11.9 Å². The number of ketones is 3. The van der Waals surface area contributed by atoms with Crippen molar-refractivity contribution in [3.63, 3.8) is 0 Å². The molecule has 1 heterocycles. The molecule has 1 aliphatic heterocycles. The van der Waals surface area contributed by atoms with Crippen LogP contribution in [0.15, 0.2) is 67.3 Å². The molecule has 3 rings (SSSR count). The van der Waals surface area contributed by atoms with E-state index in [4.69, 9.17) is 18.9 Å². The van der Waals surface area contributed by atoms with E-state index < -0.39 is 66.4 Å². The Hall–Kier alpha value is -5.45. The molecule has 0 radical (unpaired) electrons. The Balaban J connectivity index is 1.80. The van der Waals surface area contributed by atoms with Crippen LogP contribution in [-0.4, -0.2) is 133 Å². The lowest BCUT2D eigenvalue weighted by atomic mass is 9.83. The van der Waals surface area contributed by atoms with Crippen molar-refractivity contribution < 1.29 is 57.6 Å². The van der Waals surface area contributed by atoms with E-state index in [9.17, 15) is 38.7 Å². The Morgan fingerprint density at radius 1 is 0.795 bits per heavy atom. The fourth-order valence-electron chi connectivity index (χ4n) is 10.2. The van der Waals surface area contributed by atoms with Gasteiger partial charge < -0.3 is 38.8 Å². The molecule has 406 valence electrons. The molecule has 11 atom stereocenters. The van der Waals surface area contributed by atoms with Gasteiger partial charge in [0.1, 0.15) is 12.4 Å². The number of carbonyl (C=O) groups excluding carboxylic acids is 7. The van der Waals surface area contributed by atoms with Gasteiger partial charge in [0.05, 0.1) is 42.9 Å². The standard InChI is InChI=1S/C57H86N4O12/c1-15-22-45(62)54(41-26-28-42(29-27-41)58-56(68)72-31-16-2)73-57(69)60(12)50(36(6)7)47(64)33-43(35(4)5)55(67)59(11)51(37(8)17-3)48(70-13)34-49(65)61-30-21-25-44(61)53(71-14)39(10)46(63)32-38(9)52(66)40-23-19-18-20-24-40/h16,18-20,23-24,26-29,35-39,43-44,48,50-54,66H,2,15,17,21-22,25,30-34H2,1,3-14H3,(H,58,68)/t37-,38-,39-,43?,44-,48+,50-,51-,52+,53+,54?/m0/s1. The van der Waals surface area contributed by atoms with E-state index in [0.717, 1.165) is 12.0 Å². The van der Waals surface area contributed by atoms with E-state index in [0.29, 0.717) is 37.1 Å².